The summed E-state index contributed by atoms with van der Waals surface area (Å²) < 4.78 is 1.33. The van der Waals surface area contributed by atoms with Crippen molar-refractivity contribution < 1.29 is 19.5 Å². The predicted octanol–water partition coefficient (Wildman–Crippen LogP) is 0.924. The van der Waals surface area contributed by atoms with Crippen molar-refractivity contribution in [2.24, 2.45) is 5.73 Å². The van der Waals surface area contributed by atoms with Gasteiger partial charge in [-0.3, -0.25) is 14.4 Å². The highest BCUT2D eigenvalue weighted by molar-refractivity contribution is 6.03. The monoisotopic (exact) mass is 287 g/mol. The van der Waals surface area contributed by atoms with Crippen LogP contribution in [0.2, 0.25) is 0 Å². The van der Waals surface area contributed by atoms with Gasteiger partial charge in [0.05, 0.1) is 0 Å². The molecular weight excluding hydrogens is 274 g/mol. The van der Waals surface area contributed by atoms with Crippen LogP contribution in [-0.4, -0.2) is 27.5 Å². The molecule has 0 atom stereocenters. The number of nitrogens with zero attached hydrogens (tertiary/aromatic N) is 1. The number of benzene rings is 1. The lowest BCUT2D eigenvalue weighted by atomic mass is 10.2. The predicted molar refractivity (Wildman–Crippen MR) is 75.0 cm³/mol. The van der Waals surface area contributed by atoms with E-state index in [1.54, 1.807) is 18.2 Å². The largest absolute Gasteiger partial charge is 0.480 e. The Balaban J connectivity index is 2.12. The zero-order valence-corrected chi connectivity index (χ0v) is 10.9. The fraction of sp³-hybridized carbons (Fsp3) is 0.0714. The van der Waals surface area contributed by atoms with Gasteiger partial charge in [-0.2, -0.15) is 0 Å². The van der Waals surface area contributed by atoms with Crippen molar-refractivity contribution in [3.8, 4) is 0 Å². The van der Waals surface area contributed by atoms with E-state index in [9.17, 15) is 14.4 Å². The molecule has 1 heterocycles. The summed E-state index contributed by atoms with van der Waals surface area (Å²) >= 11 is 0. The molecule has 2 aromatic rings. The Morgan fingerprint density at radius 2 is 1.81 bits per heavy atom. The van der Waals surface area contributed by atoms with Crippen molar-refractivity contribution in [1.29, 1.82) is 0 Å². The molecule has 4 N–H and O–H groups in total. The number of carbonyl (C=O) groups is 3. The molecule has 0 unspecified atom stereocenters. The first-order valence-corrected chi connectivity index (χ1v) is 6.05. The minimum atomic E-state index is -1.04. The van der Waals surface area contributed by atoms with Gasteiger partial charge < -0.3 is 20.7 Å². The number of amides is 2. The fourth-order valence-electron chi connectivity index (χ4n) is 1.82. The van der Waals surface area contributed by atoms with E-state index in [4.69, 9.17) is 10.8 Å². The van der Waals surface area contributed by atoms with Gasteiger partial charge in [-0.25, -0.2) is 0 Å². The van der Waals surface area contributed by atoms with Crippen molar-refractivity contribution in [1.82, 2.24) is 4.57 Å². The number of carboxylic acid groups (broad SMARTS) is 1. The lowest BCUT2D eigenvalue weighted by Crippen LogP contribution is -2.19. The van der Waals surface area contributed by atoms with E-state index in [1.165, 1.54) is 29.0 Å². The van der Waals surface area contributed by atoms with Crippen LogP contribution >= 0.6 is 0 Å². The molecule has 0 fully saturated rings. The zero-order chi connectivity index (χ0) is 15.4. The highest BCUT2D eigenvalue weighted by Gasteiger charge is 2.13. The number of aromatic nitrogens is 1. The van der Waals surface area contributed by atoms with E-state index in [0.717, 1.165) is 0 Å². The van der Waals surface area contributed by atoms with Crippen molar-refractivity contribution >= 4 is 23.5 Å². The van der Waals surface area contributed by atoms with Gasteiger partial charge in [-0.05, 0) is 36.4 Å². The molecule has 0 aliphatic rings. The molecule has 0 bridgehead atoms. The molecule has 0 radical (unpaired) electrons. The first-order chi connectivity index (χ1) is 9.97. The molecule has 7 nitrogen and oxygen atoms in total. The Labute approximate surface area is 120 Å². The van der Waals surface area contributed by atoms with E-state index >= 15 is 0 Å². The maximum Gasteiger partial charge on any atom is 0.323 e. The van der Waals surface area contributed by atoms with Crippen LogP contribution < -0.4 is 11.1 Å². The summed E-state index contributed by atoms with van der Waals surface area (Å²) in [5, 5.41) is 11.4. The van der Waals surface area contributed by atoms with Crippen LogP contribution in [0.5, 0.6) is 0 Å². The fourth-order valence-corrected chi connectivity index (χ4v) is 1.82. The van der Waals surface area contributed by atoms with E-state index < -0.39 is 17.8 Å². The number of nitrogens with two attached hydrogens (primary N) is 1. The number of anilines is 1. The molecule has 0 aliphatic heterocycles. The molecule has 1 aromatic heterocycles. The molecule has 2 rings (SSSR count). The number of carbonyl (C=O) groups excluding carboxylic acids is 2. The normalized spacial score (nSPS) is 10.1. The summed E-state index contributed by atoms with van der Waals surface area (Å²) in [5.41, 5.74) is 6.17. The van der Waals surface area contributed by atoms with Crippen LogP contribution in [-0.2, 0) is 11.3 Å². The minimum Gasteiger partial charge on any atom is -0.480 e. The molecule has 0 saturated carbocycles. The van der Waals surface area contributed by atoms with Crippen molar-refractivity contribution in [2.45, 2.75) is 6.54 Å². The van der Waals surface area contributed by atoms with Gasteiger partial charge in [0.2, 0.25) is 5.91 Å². The summed E-state index contributed by atoms with van der Waals surface area (Å²) in [7, 11) is 0. The van der Waals surface area contributed by atoms with E-state index in [0.29, 0.717) is 11.3 Å². The van der Waals surface area contributed by atoms with Crippen LogP contribution in [0, 0.1) is 0 Å². The van der Waals surface area contributed by atoms with Crippen molar-refractivity contribution in [2.75, 3.05) is 5.32 Å². The number of primary amides is 1. The SMILES string of the molecule is NC(=O)c1ccc(NC(=O)c2cccn2CC(=O)O)cc1. The van der Waals surface area contributed by atoms with Crippen LogP contribution in [0.25, 0.3) is 0 Å². The number of carboxylic acids is 1. The van der Waals surface area contributed by atoms with Gasteiger partial charge in [0.1, 0.15) is 12.2 Å². The third kappa shape index (κ3) is 3.47. The number of nitrogens with one attached hydrogen (secondary N) is 1. The van der Waals surface area contributed by atoms with E-state index in [-0.39, 0.29) is 12.2 Å². The average Bonchev–Trinajstić information content (AvgIpc) is 2.86. The molecule has 7 heteroatoms. The van der Waals surface area contributed by atoms with Crippen LogP contribution in [0.4, 0.5) is 5.69 Å². The van der Waals surface area contributed by atoms with Gasteiger partial charge >= 0.3 is 5.97 Å². The van der Waals surface area contributed by atoms with Gasteiger partial charge in [0.15, 0.2) is 0 Å². The lowest BCUT2D eigenvalue weighted by molar-refractivity contribution is -0.137. The highest BCUT2D eigenvalue weighted by Crippen LogP contribution is 2.12. The Bertz CT molecular complexity index is 688. The maximum atomic E-state index is 12.1. The Hall–Kier alpha value is -3.09. The van der Waals surface area contributed by atoms with Crippen LogP contribution in [0.15, 0.2) is 42.6 Å². The molecule has 0 aliphatic carbocycles. The van der Waals surface area contributed by atoms with E-state index in [1.807, 2.05) is 0 Å². The summed E-state index contributed by atoms with van der Waals surface area (Å²) in [6, 6.07) is 9.19. The van der Waals surface area contributed by atoms with Gasteiger partial charge in [0.25, 0.3) is 5.91 Å². The van der Waals surface area contributed by atoms with Gasteiger partial charge in [-0.1, -0.05) is 0 Å². The molecule has 0 saturated heterocycles. The highest BCUT2D eigenvalue weighted by atomic mass is 16.4. The Kier molecular flexibility index (Phi) is 4.03. The second-order valence-electron chi connectivity index (χ2n) is 4.31. The van der Waals surface area contributed by atoms with Crippen LogP contribution in [0.1, 0.15) is 20.8 Å². The second kappa shape index (κ2) is 5.91. The molecule has 108 valence electrons. The summed E-state index contributed by atoms with van der Waals surface area (Å²) in [5.74, 6) is -2.03. The molecule has 0 spiro atoms. The maximum absolute atomic E-state index is 12.1. The number of hydrogen-bond acceptors (Lipinski definition) is 3. The summed E-state index contributed by atoms with van der Waals surface area (Å²) in [6.45, 7) is -0.295. The van der Waals surface area contributed by atoms with E-state index in [2.05, 4.69) is 5.32 Å². The minimum absolute atomic E-state index is 0.233. The number of aliphatic carboxylic acids is 1. The Morgan fingerprint density at radius 3 is 2.38 bits per heavy atom. The zero-order valence-electron chi connectivity index (χ0n) is 10.9. The quantitative estimate of drug-likeness (QED) is 0.758. The number of rotatable bonds is 5. The molecule has 2 amide bonds. The smallest absolute Gasteiger partial charge is 0.323 e. The first-order valence-electron chi connectivity index (χ1n) is 6.05. The topological polar surface area (TPSA) is 114 Å². The second-order valence-corrected chi connectivity index (χ2v) is 4.31. The summed E-state index contributed by atoms with van der Waals surface area (Å²) in [6.07, 6.45) is 1.51. The standard InChI is InChI=1S/C14H13N3O4/c15-13(20)9-3-5-10(6-4-9)16-14(21)11-2-1-7-17(11)8-12(18)19/h1-7H,8H2,(H2,15,20)(H,16,21)(H,18,19). The summed E-state index contributed by atoms with van der Waals surface area (Å²) in [4.78, 5) is 33.7. The van der Waals surface area contributed by atoms with Gasteiger partial charge in [0, 0.05) is 17.4 Å². The molecule has 1 aromatic carbocycles. The Morgan fingerprint density at radius 1 is 1.14 bits per heavy atom. The number of hydrogen-bond donors (Lipinski definition) is 3. The van der Waals surface area contributed by atoms with Crippen molar-refractivity contribution in [3.05, 3.63) is 53.9 Å². The molecular formula is C14H13N3O4. The first kappa shape index (κ1) is 14.3. The lowest BCUT2D eigenvalue weighted by Gasteiger charge is -2.08. The third-order valence-corrected chi connectivity index (χ3v) is 2.80. The van der Waals surface area contributed by atoms with Crippen molar-refractivity contribution in [3.63, 3.8) is 0 Å². The average molecular weight is 287 g/mol. The van der Waals surface area contributed by atoms with Crippen LogP contribution in [0.3, 0.4) is 0 Å². The molecule has 21 heavy (non-hydrogen) atoms. The van der Waals surface area contributed by atoms with Gasteiger partial charge in [-0.15, -0.1) is 0 Å². The third-order valence-electron chi connectivity index (χ3n) is 2.80.